The van der Waals surface area contributed by atoms with Crippen LogP contribution in [0.15, 0.2) is 6.20 Å². The van der Waals surface area contributed by atoms with Gasteiger partial charge in [0.05, 0.1) is 13.2 Å². The average Bonchev–Trinajstić information content (AvgIpc) is 3.05. The lowest BCUT2D eigenvalue weighted by Gasteiger charge is -2.11. The van der Waals surface area contributed by atoms with Crippen molar-refractivity contribution >= 4 is 0 Å². The molecule has 18 heavy (non-hydrogen) atoms. The molecule has 0 spiro atoms. The van der Waals surface area contributed by atoms with E-state index in [-0.39, 0.29) is 6.10 Å². The highest BCUT2D eigenvalue weighted by molar-refractivity contribution is 5.18. The Bertz CT molecular complexity index is 415. The first-order chi connectivity index (χ1) is 8.81. The summed E-state index contributed by atoms with van der Waals surface area (Å²) in [5, 5.41) is 3.47. The molecule has 98 valence electrons. The van der Waals surface area contributed by atoms with Crippen molar-refractivity contribution in [2.45, 2.75) is 44.9 Å². The quantitative estimate of drug-likeness (QED) is 0.850. The Morgan fingerprint density at radius 3 is 3.00 bits per heavy atom. The van der Waals surface area contributed by atoms with Crippen molar-refractivity contribution in [3.8, 4) is 6.01 Å². The molecule has 1 saturated heterocycles. The van der Waals surface area contributed by atoms with E-state index in [1.165, 1.54) is 12.8 Å². The highest BCUT2D eigenvalue weighted by Crippen LogP contribution is 2.20. The maximum Gasteiger partial charge on any atom is 0.316 e. The van der Waals surface area contributed by atoms with E-state index in [4.69, 9.17) is 9.47 Å². The van der Waals surface area contributed by atoms with Gasteiger partial charge >= 0.3 is 6.01 Å². The maximum atomic E-state index is 5.68. The van der Waals surface area contributed by atoms with Crippen LogP contribution in [0, 0.1) is 6.92 Å². The molecule has 2 aliphatic rings. The first-order valence-electron chi connectivity index (χ1n) is 6.61. The zero-order chi connectivity index (χ0) is 12.4. The number of nitrogens with one attached hydrogen (secondary N) is 1. The minimum Gasteiger partial charge on any atom is -0.458 e. The van der Waals surface area contributed by atoms with Crippen LogP contribution < -0.4 is 10.1 Å². The summed E-state index contributed by atoms with van der Waals surface area (Å²) in [5.41, 5.74) is 2.14. The fourth-order valence-corrected chi connectivity index (χ4v) is 2.00. The highest BCUT2D eigenvalue weighted by Gasteiger charge is 2.21. The van der Waals surface area contributed by atoms with Crippen LogP contribution in [0.5, 0.6) is 6.01 Å². The summed E-state index contributed by atoms with van der Waals surface area (Å²) >= 11 is 0. The summed E-state index contributed by atoms with van der Waals surface area (Å²) < 4.78 is 10.9. The molecule has 1 aromatic rings. The summed E-state index contributed by atoms with van der Waals surface area (Å²) in [6, 6.07) is 1.18. The Balaban J connectivity index is 1.59. The number of aryl methyl sites for hydroxylation is 1. The first kappa shape index (κ1) is 11.9. The van der Waals surface area contributed by atoms with E-state index in [2.05, 4.69) is 15.3 Å². The Morgan fingerprint density at radius 1 is 1.44 bits per heavy atom. The van der Waals surface area contributed by atoms with E-state index in [9.17, 15) is 0 Å². The monoisotopic (exact) mass is 249 g/mol. The van der Waals surface area contributed by atoms with Gasteiger partial charge in [-0.2, -0.15) is 0 Å². The van der Waals surface area contributed by atoms with Crippen molar-refractivity contribution in [3.05, 3.63) is 17.5 Å². The van der Waals surface area contributed by atoms with E-state index in [0.29, 0.717) is 18.7 Å². The summed E-state index contributed by atoms with van der Waals surface area (Å²) in [4.78, 5) is 8.68. The molecule has 5 nitrogen and oxygen atoms in total. The Morgan fingerprint density at radius 2 is 2.33 bits per heavy atom. The van der Waals surface area contributed by atoms with Crippen molar-refractivity contribution in [3.63, 3.8) is 0 Å². The second-order valence-electron chi connectivity index (χ2n) is 5.02. The molecule has 2 fully saturated rings. The van der Waals surface area contributed by atoms with Gasteiger partial charge in [-0.25, -0.2) is 9.97 Å². The zero-order valence-electron chi connectivity index (χ0n) is 10.7. The third-order valence-corrected chi connectivity index (χ3v) is 3.38. The van der Waals surface area contributed by atoms with Gasteiger partial charge in [0.1, 0.15) is 6.10 Å². The molecule has 0 amide bonds. The number of hydrogen-bond acceptors (Lipinski definition) is 5. The molecule has 0 radical (unpaired) electrons. The van der Waals surface area contributed by atoms with Crippen molar-refractivity contribution in [2.24, 2.45) is 0 Å². The van der Waals surface area contributed by atoms with Crippen LogP contribution in [-0.2, 0) is 11.3 Å². The van der Waals surface area contributed by atoms with Crippen molar-refractivity contribution in [2.75, 3.05) is 13.2 Å². The standard InChI is InChI=1S/C13H19N3O2/c1-9-10(6-14-11-2-3-11)7-15-13(16-9)18-12-4-5-17-8-12/h7,11-12,14H,2-6,8H2,1H3. The first-order valence-corrected chi connectivity index (χ1v) is 6.61. The van der Waals surface area contributed by atoms with Crippen LogP contribution in [0.2, 0.25) is 0 Å². The van der Waals surface area contributed by atoms with Gasteiger partial charge in [0.25, 0.3) is 0 Å². The number of nitrogens with zero attached hydrogens (tertiary/aromatic N) is 2. The molecule has 1 N–H and O–H groups in total. The van der Waals surface area contributed by atoms with E-state index < -0.39 is 0 Å². The van der Waals surface area contributed by atoms with E-state index in [0.717, 1.165) is 30.8 Å². The summed E-state index contributed by atoms with van der Waals surface area (Å²) in [7, 11) is 0. The van der Waals surface area contributed by atoms with Crippen LogP contribution in [0.1, 0.15) is 30.5 Å². The molecule has 2 heterocycles. The molecule has 5 heteroatoms. The lowest BCUT2D eigenvalue weighted by molar-refractivity contribution is 0.134. The van der Waals surface area contributed by atoms with Crippen molar-refractivity contribution in [1.82, 2.24) is 15.3 Å². The van der Waals surface area contributed by atoms with Crippen LogP contribution in [0.3, 0.4) is 0 Å². The summed E-state index contributed by atoms with van der Waals surface area (Å²) in [5.74, 6) is 0. The Hall–Kier alpha value is -1.20. The van der Waals surface area contributed by atoms with Gasteiger partial charge in [-0.1, -0.05) is 0 Å². The third-order valence-electron chi connectivity index (χ3n) is 3.38. The van der Waals surface area contributed by atoms with Crippen molar-refractivity contribution < 1.29 is 9.47 Å². The normalized spacial score (nSPS) is 23.3. The molecule has 1 atom stereocenters. The SMILES string of the molecule is Cc1nc(OC2CCOC2)ncc1CNC1CC1. The molecule has 1 aliphatic heterocycles. The molecule has 1 aliphatic carbocycles. The lowest BCUT2D eigenvalue weighted by Crippen LogP contribution is -2.19. The van der Waals surface area contributed by atoms with Crippen LogP contribution in [0.25, 0.3) is 0 Å². The van der Waals surface area contributed by atoms with Crippen LogP contribution in [-0.4, -0.2) is 35.3 Å². The number of ether oxygens (including phenoxy) is 2. The third kappa shape index (κ3) is 2.97. The van der Waals surface area contributed by atoms with Gasteiger partial charge in [0.2, 0.25) is 0 Å². The largest absolute Gasteiger partial charge is 0.458 e. The van der Waals surface area contributed by atoms with Crippen molar-refractivity contribution in [1.29, 1.82) is 0 Å². The molecule has 1 aromatic heterocycles. The van der Waals surface area contributed by atoms with Crippen LogP contribution in [0.4, 0.5) is 0 Å². The molecule has 1 saturated carbocycles. The minimum absolute atomic E-state index is 0.111. The summed E-state index contributed by atoms with van der Waals surface area (Å²) in [6.45, 7) is 4.27. The predicted octanol–water partition coefficient (Wildman–Crippen LogP) is 1.20. The van der Waals surface area contributed by atoms with Gasteiger partial charge in [-0.05, 0) is 19.8 Å². The fourth-order valence-electron chi connectivity index (χ4n) is 2.00. The molecule has 1 unspecified atom stereocenters. The average molecular weight is 249 g/mol. The summed E-state index contributed by atoms with van der Waals surface area (Å²) in [6.07, 6.45) is 5.49. The smallest absolute Gasteiger partial charge is 0.316 e. The second-order valence-corrected chi connectivity index (χ2v) is 5.02. The topological polar surface area (TPSA) is 56.3 Å². The van der Waals surface area contributed by atoms with Gasteiger partial charge in [0, 0.05) is 36.5 Å². The number of hydrogen-bond donors (Lipinski definition) is 1. The second kappa shape index (κ2) is 5.20. The molecule has 0 bridgehead atoms. The Kier molecular flexibility index (Phi) is 3.43. The van der Waals surface area contributed by atoms with Gasteiger partial charge in [-0.3, -0.25) is 0 Å². The minimum atomic E-state index is 0.111. The number of rotatable bonds is 5. The fraction of sp³-hybridized carbons (Fsp3) is 0.692. The van der Waals surface area contributed by atoms with Gasteiger partial charge in [0.15, 0.2) is 0 Å². The molecule has 0 aromatic carbocycles. The van der Waals surface area contributed by atoms with Gasteiger partial charge in [-0.15, -0.1) is 0 Å². The Labute approximate surface area is 107 Å². The van der Waals surface area contributed by atoms with Gasteiger partial charge < -0.3 is 14.8 Å². The zero-order valence-corrected chi connectivity index (χ0v) is 10.7. The molecule has 3 rings (SSSR count). The highest BCUT2D eigenvalue weighted by atomic mass is 16.6. The number of aromatic nitrogens is 2. The lowest BCUT2D eigenvalue weighted by atomic mass is 10.2. The van der Waals surface area contributed by atoms with E-state index in [1.807, 2.05) is 13.1 Å². The van der Waals surface area contributed by atoms with E-state index in [1.54, 1.807) is 0 Å². The predicted molar refractivity (Wildman–Crippen MR) is 66.5 cm³/mol. The maximum absolute atomic E-state index is 5.68. The molecular weight excluding hydrogens is 230 g/mol. The van der Waals surface area contributed by atoms with Crippen LogP contribution >= 0.6 is 0 Å². The van der Waals surface area contributed by atoms with E-state index >= 15 is 0 Å². The molecular formula is C13H19N3O2.